The van der Waals surface area contributed by atoms with Crippen molar-refractivity contribution in [2.24, 2.45) is 0 Å². The number of unbranched alkanes of at least 4 members (excludes halogenated alkanes) is 1. The molecule has 2 amide bonds. The van der Waals surface area contributed by atoms with E-state index in [4.69, 9.17) is 11.6 Å². The van der Waals surface area contributed by atoms with Crippen LogP contribution < -0.4 is 9.62 Å². The second-order valence-electron chi connectivity index (χ2n) is 9.75. The van der Waals surface area contributed by atoms with Gasteiger partial charge in [0.05, 0.1) is 11.9 Å². The van der Waals surface area contributed by atoms with E-state index in [1.165, 1.54) is 4.90 Å². The van der Waals surface area contributed by atoms with Gasteiger partial charge in [-0.1, -0.05) is 92.5 Å². The van der Waals surface area contributed by atoms with Crippen LogP contribution in [-0.2, 0) is 39.0 Å². The lowest BCUT2D eigenvalue weighted by Gasteiger charge is -2.34. The summed E-state index contributed by atoms with van der Waals surface area (Å²) in [4.78, 5) is 29.2. The number of anilines is 1. The summed E-state index contributed by atoms with van der Waals surface area (Å²) < 4.78 is 27.1. The second-order valence-corrected chi connectivity index (χ2v) is 12.1. The number of nitrogens with one attached hydrogen (secondary N) is 1. The molecule has 3 aromatic carbocycles. The van der Waals surface area contributed by atoms with E-state index in [1.54, 1.807) is 36.4 Å². The largest absolute Gasteiger partial charge is 0.354 e. The Hall–Kier alpha value is -3.36. The number of rotatable bonds is 14. The van der Waals surface area contributed by atoms with Crippen LogP contribution in [0, 0.1) is 0 Å². The fourth-order valence-corrected chi connectivity index (χ4v) is 5.50. The molecule has 1 unspecified atom stereocenters. The molecule has 0 aliphatic rings. The molecular weight excluding hydrogens is 546 g/mol. The number of benzene rings is 3. The average molecular weight is 584 g/mol. The van der Waals surface area contributed by atoms with Gasteiger partial charge in [0, 0.05) is 24.5 Å². The number of hydrogen-bond acceptors (Lipinski definition) is 4. The summed E-state index contributed by atoms with van der Waals surface area (Å²) in [5.41, 5.74) is 2.93. The van der Waals surface area contributed by atoms with Gasteiger partial charge in [0.25, 0.3) is 0 Å². The highest BCUT2D eigenvalue weighted by molar-refractivity contribution is 7.92. The number of sulfonamides is 1. The first kappa shape index (κ1) is 31.2. The molecule has 0 aliphatic carbocycles. The van der Waals surface area contributed by atoms with E-state index >= 15 is 0 Å². The molecule has 214 valence electrons. The van der Waals surface area contributed by atoms with Crippen LogP contribution in [0.4, 0.5) is 5.69 Å². The zero-order valence-electron chi connectivity index (χ0n) is 23.3. The van der Waals surface area contributed by atoms with Gasteiger partial charge in [-0.15, -0.1) is 0 Å². The van der Waals surface area contributed by atoms with Crippen LogP contribution in [0.2, 0.25) is 5.02 Å². The summed E-state index contributed by atoms with van der Waals surface area (Å²) in [7, 11) is -3.81. The molecule has 0 aliphatic heterocycles. The predicted molar refractivity (Wildman–Crippen MR) is 162 cm³/mol. The van der Waals surface area contributed by atoms with Gasteiger partial charge in [0.15, 0.2) is 0 Å². The predicted octanol–water partition coefficient (Wildman–Crippen LogP) is 5.22. The Bertz CT molecular complexity index is 1360. The number of amides is 2. The van der Waals surface area contributed by atoms with Gasteiger partial charge in [-0.05, 0) is 47.7 Å². The monoisotopic (exact) mass is 583 g/mol. The van der Waals surface area contributed by atoms with Crippen LogP contribution in [-0.4, -0.2) is 50.5 Å². The number of para-hydroxylation sites is 1. The van der Waals surface area contributed by atoms with Crippen molar-refractivity contribution < 1.29 is 18.0 Å². The number of halogens is 1. The number of carbonyl (C=O) groups excluding carboxylic acids is 2. The third kappa shape index (κ3) is 8.83. The SMILES string of the molecule is CCCCNC(=O)C(Cc1ccccc1)N(Cc1ccc(Cl)cc1)C(=O)CN(c1ccccc1CC)S(C)(=O)=O. The maximum absolute atomic E-state index is 14.1. The summed E-state index contributed by atoms with van der Waals surface area (Å²) in [6, 6.07) is 22.9. The topological polar surface area (TPSA) is 86.8 Å². The van der Waals surface area contributed by atoms with E-state index in [2.05, 4.69) is 5.32 Å². The number of aryl methyl sites for hydroxylation is 1. The minimum atomic E-state index is -3.81. The lowest BCUT2D eigenvalue weighted by molar-refractivity contribution is -0.140. The molecule has 0 spiro atoms. The average Bonchev–Trinajstić information content (AvgIpc) is 2.94. The zero-order valence-corrected chi connectivity index (χ0v) is 24.9. The normalized spacial score (nSPS) is 12.0. The Balaban J connectivity index is 2.05. The van der Waals surface area contributed by atoms with Gasteiger partial charge in [-0.2, -0.15) is 0 Å². The Morgan fingerprint density at radius 1 is 0.900 bits per heavy atom. The van der Waals surface area contributed by atoms with E-state index < -0.39 is 28.5 Å². The van der Waals surface area contributed by atoms with Crippen molar-refractivity contribution in [2.45, 2.75) is 52.1 Å². The molecule has 0 aromatic heterocycles. The number of carbonyl (C=O) groups is 2. The summed E-state index contributed by atoms with van der Waals surface area (Å²) in [6.45, 7) is 4.14. The fraction of sp³-hybridized carbons (Fsp3) is 0.355. The van der Waals surface area contributed by atoms with E-state index in [1.807, 2.05) is 56.3 Å². The molecule has 40 heavy (non-hydrogen) atoms. The molecule has 0 radical (unpaired) electrons. The van der Waals surface area contributed by atoms with Gasteiger partial charge in [-0.3, -0.25) is 13.9 Å². The van der Waals surface area contributed by atoms with E-state index in [0.717, 1.165) is 40.1 Å². The Morgan fingerprint density at radius 3 is 2.17 bits per heavy atom. The molecular formula is C31H38ClN3O4S. The minimum absolute atomic E-state index is 0.113. The Morgan fingerprint density at radius 2 is 1.55 bits per heavy atom. The first-order chi connectivity index (χ1) is 19.1. The van der Waals surface area contributed by atoms with Crippen LogP contribution >= 0.6 is 11.6 Å². The van der Waals surface area contributed by atoms with Crippen molar-refractivity contribution in [1.82, 2.24) is 10.2 Å². The molecule has 0 saturated carbocycles. The van der Waals surface area contributed by atoms with Crippen molar-refractivity contribution in [2.75, 3.05) is 23.7 Å². The van der Waals surface area contributed by atoms with Crippen molar-refractivity contribution in [3.63, 3.8) is 0 Å². The minimum Gasteiger partial charge on any atom is -0.354 e. The second kappa shape index (κ2) is 14.9. The molecule has 0 bridgehead atoms. The smallest absolute Gasteiger partial charge is 0.244 e. The van der Waals surface area contributed by atoms with Gasteiger partial charge in [-0.25, -0.2) is 8.42 Å². The fourth-order valence-electron chi connectivity index (χ4n) is 4.49. The first-order valence-electron chi connectivity index (χ1n) is 13.5. The lowest BCUT2D eigenvalue weighted by atomic mass is 10.0. The highest BCUT2D eigenvalue weighted by atomic mass is 35.5. The molecule has 7 nitrogen and oxygen atoms in total. The molecule has 9 heteroatoms. The third-order valence-corrected chi connectivity index (χ3v) is 8.07. The van der Waals surface area contributed by atoms with Crippen LogP contribution in [0.5, 0.6) is 0 Å². The van der Waals surface area contributed by atoms with Crippen LogP contribution in [0.1, 0.15) is 43.4 Å². The van der Waals surface area contributed by atoms with Crippen LogP contribution in [0.25, 0.3) is 0 Å². The molecule has 3 aromatic rings. The quantitative estimate of drug-likeness (QED) is 0.263. The van der Waals surface area contributed by atoms with Crippen molar-refractivity contribution >= 4 is 39.1 Å². The van der Waals surface area contributed by atoms with E-state index in [9.17, 15) is 18.0 Å². The van der Waals surface area contributed by atoms with Crippen molar-refractivity contribution in [3.8, 4) is 0 Å². The van der Waals surface area contributed by atoms with Crippen LogP contribution in [0.3, 0.4) is 0 Å². The third-order valence-electron chi connectivity index (χ3n) is 6.69. The van der Waals surface area contributed by atoms with Crippen molar-refractivity contribution in [3.05, 3.63) is 101 Å². The highest BCUT2D eigenvalue weighted by Gasteiger charge is 2.33. The summed E-state index contributed by atoms with van der Waals surface area (Å²) in [5.74, 6) is -0.752. The summed E-state index contributed by atoms with van der Waals surface area (Å²) >= 11 is 6.10. The van der Waals surface area contributed by atoms with Crippen molar-refractivity contribution in [1.29, 1.82) is 0 Å². The van der Waals surface area contributed by atoms with E-state index in [-0.39, 0.29) is 18.9 Å². The van der Waals surface area contributed by atoms with Crippen LogP contribution in [0.15, 0.2) is 78.9 Å². The standard InChI is InChI=1S/C31H38ClN3O4S/c1-4-6-20-33-31(37)29(21-24-12-8-7-9-13-24)34(22-25-16-18-27(32)19-17-25)30(36)23-35(40(3,38)39)28-15-11-10-14-26(28)5-2/h7-19,29H,4-6,20-23H2,1-3H3,(H,33,37). The Labute approximate surface area is 243 Å². The maximum Gasteiger partial charge on any atom is 0.244 e. The first-order valence-corrected chi connectivity index (χ1v) is 15.8. The number of nitrogens with zero attached hydrogens (tertiary/aromatic N) is 2. The van der Waals surface area contributed by atoms with E-state index in [0.29, 0.717) is 23.7 Å². The zero-order chi connectivity index (χ0) is 29.1. The molecule has 1 N–H and O–H groups in total. The lowest BCUT2D eigenvalue weighted by Crippen LogP contribution is -2.53. The molecule has 3 rings (SSSR count). The summed E-state index contributed by atoms with van der Waals surface area (Å²) in [6.07, 6.45) is 3.70. The van der Waals surface area contributed by atoms with Gasteiger partial charge < -0.3 is 10.2 Å². The maximum atomic E-state index is 14.1. The highest BCUT2D eigenvalue weighted by Crippen LogP contribution is 2.25. The number of hydrogen-bond donors (Lipinski definition) is 1. The molecule has 0 fully saturated rings. The Kier molecular flexibility index (Phi) is 11.6. The van der Waals surface area contributed by atoms with Gasteiger partial charge >= 0.3 is 0 Å². The summed E-state index contributed by atoms with van der Waals surface area (Å²) in [5, 5.41) is 3.54. The molecule has 0 saturated heterocycles. The molecule has 1 atom stereocenters. The van der Waals surface area contributed by atoms with Gasteiger partial charge in [0.1, 0.15) is 12.6 Å². The van der Waals surface area contributed by atoms with Gasteiger partial charge in [0.2, 0.25) is 21.8 Å². The molecule has 0 heterocycles.